The molecule has 2 aromatic carbocycles. The Bertz CT molecular complexity index is 951. The lowest BCUT2D eigenvalue weighted by atomic mass is 10.1. The second kappa shape index (κ2) is 6.30. The van der Waals surface area contributed by atoms with Crippen molar-refractivity contribution in [1.29, 1.82) is 0 Å². The molecule has 3 nitrogen and oxygen atoms in total. The van der Waals surface area contributed by atoms with E-state index in [-0.39, 0.29) is 11.7 Å². The number of carbonyl (C=O) groups excluding carboxylic acids is 1. The summed E-state index contributed by atoms with van der Waals surface area (Å²) in [6, 6.07) is 12.1. The Balaban J connectivity index is 2.16. The first-order valence-electron chi connectivity index (χ1n) is 7.14. The fourth-order valence-electron chi connectivity index (χ4n) is 2.32. The number of allylic oxidation sites excluding steroid dienone is 1. The predicted molar refractivity (Wildman–Crippen MR) is 91.0 cm³/mol. The zero-order valence-corrected chi connectivity index (χ0v) is 13.4. The van der Waals surface area contributed by atoms with E-state index in [9.17, 15) is 9.18 Å². The number of benzene rings is 2. The lowest BCUT2D eigenvalue weighted by Gasteiger charge is -2.02. The Morgan fingerprint density at radius 1 is 1.30 bits per heavy atom. The zero-order chi connectivity index (χ0) is 16.4. The third-order valence-electron chi connectivity index (χ3n) is 3.46. The van der Waals surface area contributed by atoms with Gasteiger partial charge in [-0.25, -0.2) is 4.39 Å². The van der Waals surface area contributed by atoms with E-state index in [2.05, 4.69) is 11.6 Å². The molecule has 0 fully saturated rings. The summed E-state index contributed by atoms with van der Waals surface area (Å²) in [5, 5.41) is 0. The van der Waals surface area contributed by atoms with Crippen molar-refractivity contribution in [3.63, 3.8) is 0 Å². The van der Waals surface area contributed by atoms with Crippen LogP contribution in [0.3, 0.4) is 0 Å². The molecule has 0 radical (unpaired) electrons. The number of aromatic nitrogens is 1. The number of carbonyl (C=O) groups is 1. The standard InChI is InChI=1S/C18H15FN2OS/c1-3-11-21-16-14(19)5-4-6-15(16)23-18(21)20-17(22)13-9-7-12(2)8-10-13/h3-10H,1,11H2,2H3. The molecule has 3 rings (SSSR count). The molecule has 0 aliphatic carbocycles. The Morgan fingerprint density at radius 3 is 2.74 bits per heavy atom. The molecule has 0 saturated carbocycles. The van der Waals surface area contributed by atoms with Crippen LogP contribution >= 0.6 is 11.3 Å². The average Bonchev–Trinajstić information content (AvgIpc) is 2.87. The Hall–Kier alpha value is -2.53. The number of hydrogen-bond donors (Lipinski definition) is 0. The van der Waals surface area contributed by atoms with Crippen molar-refractivity contribution in [2.45, 2.75) is 13.5 Å². The highest BCUT2D eigenvalue weighted by Gasteiger charge is 2.11. The molecule has 23 heavy (non-hydrogen) atoms. The maximum Gasteiger partial charge on any atom is 0.279 e. The summed E-state index contributed by atoms with van der Waals surface area (Å²) < 4.78 is 16.5. The van der Waals surface area contributed by atoms with Gasteiger partial charge in [0.15, 0.2) is 4.80 Å². The summed E-state index contributed by atoms with van der Waals surface area (Å²) in [4.78, 5) is 17.0. The van der Waals surface area contributed by atoms with Crippen LogP contribution < -0.4 is 4.80 Å². The van der Waals surface area contributed by atoms with Crippen molar-refractivity contribution in [3.05, 3.63) is 76.9 Å². The molecule has 1 heterocycles. The van der Waals surface area contributed by atoms with Gasteiger partial charge in [0.05, 0.1) is 10.2 Å². The lowest BCUT2D eigenvalue weighted by Crippen LogP contribution is -2.16. The maximum absolute atomic E-state index is 14.1. The third-order valence-corrected chi connectivity index (χ3v) is 4.50. The SMILES string of the molecule is C=CCn1c(=NC(=O)c2ccc(C)cc2)sc2cccc(F)c21. The van der Waals surface area contributed by atoms with Crippen LogP contribution in [0, 0.1) is 12.7 Å². The number of nitrogens with zero attached hydrogens (tertiary/aromatic N) is 2. The highest BCUT2D eigenvalue weighted by molar-refractivity contribution is 7.16. The summed E-state index contributed by atoms with van der Waals surface area (Å²) in [5.74, 6) is -0.667. The van der Waals surface area contributed by atoms with Gasteiger partial charge in [-0.3, -0.25) is 4.79 Å². The van der Waals surface area contributed by atoms with Gasteiger partial charge >= 0.3 is 0 Å². The van der Waals surface area contributed by atoms with Crippen molar-refractivity contribution >= 4 is 27.5 Å². The first-order chi connectivity index (χ1) is 11.1. The fraction of sp³-hybridized carbons (Fsp3) is 0.111. The smallest absolute Gasteiger partial charge is 0.279 e. The van der Waals surface area contributed by atoms with Crippen molar-refractivity contribution in [2.75, 3.05) is 0 Å². The number of para-hydroxylation sites is 1. The summed E-state index contributed by atoms with van der Waals surface area (Å²) >= 11 is 1.29. The molecule has 3 aromatic rings. The van der Waals surface area contributed by atoms with Gasteiger partial charge < -0.3 is 4.57 Å². The quantitative estimate of drug-likeness (QED) is 0.668. The highest BCUT2D eigenvalue weighted by atomic mass is 32.1. The van der Waals surface area contributed by atoms with Crippen molar-refractivity contribution < 1.29 is 9.18 Å². The summed E-state index contributed by atoms with van der Waals surface area (Å²) in [6.07, 6.45) is 1.66. The molecule has 0 spiro atoms. The van der Waals surface area contributed by atoms with Crippen LogP contribution in [0.5, 0.6) is 0 Å². The van der Waals surface area contributed by atoms with Crippen LogP contribution in [0.4, 0.5) is 4.39 Å². The summed E-state index contributed by atoms with van der Waals surface area (Å²) in [6.45, 7) is 6.04. The minimum atomic E-state index is -0.338. The molecule has 1 amide bonds. The number of hydrogen-bond acceptors (Lipinski definition) is 2. The van der Waals surface area contributed by atoms with E-state index in [0.29, 0.717) is 22.4 Å². The van der Waals surface area contributed by atoms with E-state index < -0.39 is 0 Å². The second-order valence-corrected chi connectivity index (χ2v) is 6.16. The number of thiazole rings is 1. The van der Waals surface area contributed by atoms with Crippen LogP contribution in [-0.4, -0.2) is 10.5 Å². The zero-order valence-electron chi connectivity index (χ0n) is 12.6. The summed E-state index contributed by atoms with van der Waals surface area (Å²) in [5.41, 5.74) is 2.04. The molecule has 116 valence electrons. The van der Waals surface area contributed by atoms with Crippen LogP contribution in [0.15, 0.2) is 60.1 Å². The Labute approximate surface area is 137 Å². The molecule has 0 aliphatic rings. The molecule has 0 atom stereocenters. The lowest BCUT2D eigenvalue weighted by molar-refractivity contribution is 0.0998. The van der Waals surface area contributed by atoms with Gasteiger partial charge in [-0.15, -0.1) is 6.58 Å². The van der Waals surface area contributed by atoms with Crippen LogP contribution in [-0.2, 0) is 6.54 Å². The van der Waals surface area contributed by atoms with Crippen LogP contribution in [0.2, 0.25) is 0 Å². The number of aryl methyl sites for hydroxylation is 1. The third kappa shape index (κ3) is 3.00. The maximum atomic E-state index is 14.1. The van der Waals surface area contributed by atoms with E-state index in [4.69, 9.17) is 0 Å². The van der Waals surface area contributed by atoms with Gasteiger partial charge in [-0.2, -0.15) is 4.99 Å². The van der Waals surface area contributed by atoms with Crippen molar-refractivity contribution in [2.24, 2.45) is 4.99 Å². The molecule has 0 N–H and O–H groups in total. The van der Waals surface area contributed by atoms with E-state index in [1.54, 1.807) is 28.8 Å². The number of fused-ring (bicyclic) bond motifs is 1. The van der Waals surface area contributed by atoms with Gasteiger partial charge in [0.25, 0.3) is 5.91 Å². The molecule has 0 saturated heterocycles. The van der Waals surface area contributed by atoms with Gasteiger partial charge in [-0.05, 0) is 31.2 Å². The molecule has 1 aromatic heterocycles. The second-order valence-electron chi connectivity index (χ2n) is 5.15. The van der Waals surface area contributed by atoms with Gasteiger partial charge in [-0.1, -0.05) is 41.2 Å². The van der Waals surface area contributed by atoms with Gasteiger partial charge in [0.1, 0.15) is 5.82 Å². The monoisotopic (exact) mass is 326 g/mol. The largest absolute Gasteiger partial charge is 0.310 e. The number of halogens is 1. The molecule has 0 aliphatic heterocycles. The molecule has 5 heteroatoms. The summed E-state index contributed by atoms with van der Waals surface area (Å²) in [7, 11) is 0. The minimum Gasteiger partial charge on any atom is -0.310 e. The van der Waals surface area contributed by atoms with E-state index in [1.807, 2.05) is 25.1 Å². The molecule has 0 unspecified atom stereocenters. The normalized spacial score (nSPS) is 11.8. The Morgan fingerprint density at radius 2 is 2.04 bits per heavy atom. The molecular weight excluding hydrogens is 311 g/mol. The Kier molecular flexibility index (Phi) is 4.21. The fourth-order valence-corrected chi connectivity index (χ4v) is 3.37. The highest BCUT2D eigenvalue weighted by Crippen LogP contribution is 2.20. The topological polar surface area (TPSA) is 34.4 Å². The van der Waals surface area contributed by atoms with Crippen molar-refractivity contribution in [1.82, 2.24) is 4.57 Å². The van der Waals surface area contributed by atoms with Gasteiger partial charge in [0, 0.05) is 12.1 Å². The number of amides is 1. The van der Waals surface area contributed by atoms with E-state index >= 15 is 0 Å². The number of rotatable bonds is 3. The van der Waals surface area contributed by atoms with Crippen LogP contribution in [0.1, 0.15) is 15.9 Å². The van der Waals surface area contributed by atoms with E-state index in [1.165, 1.54) is 17.4 Å². The van der Waals surface area contributed by atoms with Gasteiger partial charge in [0.2, 0.25) is 0 Å². The first kappa shape index (κ1) is 15.4. The first-order valence-corrected chi connectivity index (χ1v) is 7.96. The van der Waals surface area contributed by atoms with Crippen LogP contribution in [0.25, 0.3) is 10.2 Å². The molecular formula is C18H15FN2OS. The minimum absolute atomic E-state index is 0.329. The van der Waals surface area contributed by atoms with E-state index in [0.717, 1.165) is 10.3 Å². The average molecular weight is 326 g/mol. The van der Waals surface area contributed by atoms with Crippen molar-refractivity contribution in [3.8, 4) is 0 Å². The predicted octanol–water partition coefficient (Wildman–Crippen LogP) is 4.08. The molecule has 0 bridgehead atoms.